The van der Waals surface area contributed by atoms with Crippen LogP contribution in [0.1, 0.15) is 27.8 Å². The molecular formula is C17H21N. The molecule has 0 aliphatic rings. The van der Waals surface area contributed by atoms with E-state index in [-0.39, 0.29) is 0 Å². The van der Waals surface area contributed by atoms with Crippen molar-refractivity contribution >= 4 is 5.69 Å². The minimum absolute atomic E-state index is 0.890. The normalized spacial score (nSPS) is 10.4. The van der Waals surface area contributed by atoms with Crippen LogP contribution in [0.25, 0.3) is 0 Å². The quantitative estimate of drug-likeness (QED) is 0.829. The van der Waals surface area contributed by atoms with E-state index in [0.717, 1.165) is 6.54 Å². The molecule has 0 saturated heterocycles. The topological polar surface area (TPSA) is 12.0 Å². The van der Waals surface area contributed by atoms with E-state index in [1.165, 1.54) is 33.5 Å². The number of aryl methyl sites for hydroxylation is 4. The van der Waals surface area contributed by atoms with Gasteiger partial charge >= 0.3 is 0 Å². The third kappa shape index (κ3) is 2.92. The zero-order valence-corrected chi connectivity index (χ0v) is 11.7. The Morgan fingerprint density at radius 1 is 0.833 bits per heavy atom. The number of hydrogen-bond acceptors (Lipinski definition) is 1. The molecule has 2 aromatic rings. The maximum Gasteiger partial charge on any atom is 0.0406 e. The Morgan fingerprint density at radius 3 is 1.94 bits per heavy atom. The molecule has 0 atom stereocenters. The Kier molecular flexibility index (Phi) is 3.71. The van der Waals surface area contributed by atoms with Crippen LogP contribution < -0.4 is 5.32 Å². The van der Waals surface area contributed by atoms with Crippen molar-refractivity contribution in [2.24, 2.45) is 0 Å². The molecule has 94 valence electrons. The molecule has 0 fully saturated rings. The van der Waals surface area contributed by atoms with Crippen LogP contribution >= 0.6 is 0 Å². The Bertz CT molecular complexity index is 515. The fraction of sp³-hybridized carbons (Fsp3) is 0.294. The van der Waals surface area contributed by atoms with Crippen molar-refractivity contribution in [1.29, 1.82) is 0 Å². The second kappa shape index (κ2) is 5.26. The lowest BCUT2D eigenvalue weighted by Crippen LogP contribution is -2.03. The largest absolute Gasteiger partial charge is 0.381 e. The lowest BCUT2D eigenvalue weighted by atomic mass is 10.0. The van der Waals surface area contributed by atoms with E-state index in [1.54, 1.807) is 0 Å². The fourth-order valence-corrected chi connectivity index (χ4v) is 2.40. The molecule has 0 heterocycles. The van der Waals surface area contributed by atoms with Gasteiger partial charge < -0.3 is 5.32 Å². The van der Waals surface area contributed by atoms with Gasteiger partial charge in [-0.1, -0.05) is 24.3 Å². The van der Waals surface area contributed by atoms with E-state index < -0.39 is 0 Å². The molecule has 0 bridgehead atoms. The zero-order valence-electron chi connectivity index (χ0n) is 11.7. The van der Waals surface area contributed by atoms with Crippen molar-refractivity contribution in [3.63, 3.8) is 0 Å². The molecule has 0 aliphatic carbocycles. The first-order valence-electron chi connectivity index (χ1n) is 6.43. The summed E-state index contributed by atoms with van der Waals surface area (Å²) in [6, 6.07) is 13.0. The number of rotatable bonds is 3. The van der Waals surface area contributed by atoms with Gasteiger partial charge in [0.2, 0.25) is 0 Å². The monoisotopic (exact) mass is 239 g/mol. The molecule has 0 spiro atoms. The SMILES string of the molecule is Cc1cc(C)cc(NCc2c(C)cccc2C)c1. The van der Waals surface area contributed by atoms with Gasteiger partial charge in [0.05, 0.1) is 0 Å². The predicted octanol–water partition coefficient (Wildman–Crippen LogP) is 4.53. The average molecular weight is 239 g/mol. The van der Waals surface area contributed by atoms with Gasteiger partial charge in [0.1, 0.15) is 0 Å². The molecule has 1 N–H and O–H groups in total. The summed E-state index contributed by atoms with van der Waals surface area (Å²) in [4.78, 5) is 0. The lowest BCUT2D eigenvalue weighted by molar-refractivity contribution is 1.09. The van der Waals surface area contributed by atoms with Gasteiger partial charge in [-0.3, -0.25) is 0 Å². The van der Waals surface area contributed by atoms with Crippen LogP contribution in [-0.2, 0) is 6.54 Å². The summed E-state index contributed by atoms with van der Waals surface area (Å²) in [5, 5.41) is 3.52. The molecule has 18 heavy (non-hydrogen) atoms. The van der Waals surface area contributed by atoms with Gasteiger partial charge in [-0.2, -0.15) is 0 Å². The smallest absolute Gasteiger partial charge is 0.0406 e. The first-order chi connectivity index (χ1) is 8.56. The van der Waals surface area contributed by atoms with E-state index in [4.69, 9.17) is 0 Å². The third-order valence-corrected chi connectivity index (χ3v) is 3.34. The fourth-order valence-electron chi connectivity index (χ4n) is 2.40. The number of benzene rings is 2. The molecule has 0 unspecified atom stereocenters. The first kappa shape index (κ1) is 12.7. The molecule has 1 heteroatoms. The van der Waals surface area contributed by atoms with E-state index in [0.29, 0.717) is 0 Å². The second-order valence-corrected chi connectivity index (χ2v) is 5.10. The van der Waals surface area contributed by atoms with E-state index >= 15 is 0 Å². The summed E-state index contributed by atoms with van der Waals surface area (Å²) >= 11 is 0. The van der Waals surface area contributed by atoms with Crippen LogP contribution in [-0.4, -0.2) is 0 Å². The second-order valence-electron chi connectivity index (χ2n) is 5.10. The van der Waals surface area contributed by atoms with E-state index in [1.807, 2.05) is 0 Å². The van der Waals surface area contributed by atoms with Gasteiger partial charge in [-0.05, 0) is 67.6 Å². The molecule has 0 aliphatic heterocycles. The predicted molar refractivity (Wildman–Crippen MR) is 79.2 cm³/mol. The van der Waals surface area contributed by atoms with Crippen LogP contribution in [0, 0.1) is 27.7 Å². The van der Waals surface area contributed by atoms with E-state index in [9.17, 15) is 0 Å². The van der Waals surface area contributed by atoms with E-state index in [2.05, 4.69) is 69.4 Å². The standard InChI is InChI=1S/C17H21N/c1-12-8-13(2)10-16(9-12)18-11-17-14(3)6-5-7-15(17)4/h5-10,18H,11H2,1-4H3. The summed E-state index contributed by atoms with van der Waals surface area (Å²) in [6.07, 6.45) is 0. The van der Waals surface area contributed by atoms with Crippen LogP contribution in [0.3, 0.4) is 0 Å². The Hall–Kier alpha value is -1.76. The molecule has 2 rings (SSSR count). The maximum absolute atomic E-state index is 3.52. The molecule has 0 amide bonds. The molecule has 0 saturated carbocycles. The number of hydrogen-bond donors (Lipinski definition) is 1. The maximum atomic E-state index is 3.52. The Balaban J connectivity index is 2.16. The highest BCUT2D eigenvalue weighted by molar-refractivity contribution is 5.49. The van der Waals surface area contributed by atoms with Crippen molar-refractivity contribution in [2.75, 3.05) is 5.32 Å². The molecule has 0 radical (unpaired) electrons. The molecule has 2 aromatic carbocycles. The summed E-state index contributed by atoms with van der Waals surface area (Å²) in [6.45, 7) is 9.51. The van der Waals surface area contributed by atoms with Gasteiger partial charge in [0, 0.05) is 12.2 Å². The zero-order chi connectivity index (χ0) is 13.1. The van der Waals surface area contributed by atoms with Crippen molar-refractivity contribution in [2.45, 2.75) is 34.2 Å². The van der Waals surface area contributed by atoms with Crippen LogP contribution in [0.4, 0.5) is 5.69 Å². The Morgan fingerprint density at radius 2 is 1.39 bits per heavy atom. The van der Waals surface area contributed by atoms with Gasteiger partial charge in [0.25, 0.3) is 0 Å². The Labute approximate surface area is 110 Å². The number of nitrogens with one attached hydrogen (secondary N) is 1. The minimum atomic E-state index is 0.890. The van der Waals surface area contributed by atoms with Crippen molar-refractivity contribution in [3.05, 3.63) is 64.2 Å². The number of anilines is 1. The molecule has 1 nitrogen and oxygen atoms in total. The third-order valence-electron chi connectivity index (χ3n) is 3.34. The summed E-state index contributed by atoms with van der Waals surface area (Å²) in [5.74, 6) is 0. The molecule has 0 aromatic heterocycles. The summed E-state index contributed by atoms with van der Waals surface area (Å²) in [7, 11) is 0. The van der Waals surface area contributed by atoms with Crippen LogP contribution in [0.15, 0.2) is 36.4 Å². The van der Waals surface area contributed by atoms with Crippen molar-refractivity contribution in [3.8, 4) is 0 Å². The van der Waals surface area contributed by atoms with Gasteiger partial charge in [-0.25, -0.2) is 0 Å². The highest BCUT2D eigenvalue weighted by Crippen LogP contribution is 2.18. The summed E-state index contributed by atoms with van der Waals surface area (Å²) in [5.41, 5.74) is 7.92. The highest BCUT2D eigenvalue weighted by atomic mass is 14.9. The molecular weight excluding hydrogens is 218 g/mol. The van der Waals surface area contributed by atoms with Crippen molar-refractivity contribution < 1.29 is 0 Å². The average Bonchev–Trinajstić information content (AvgIpc) is 2.27. The first-order valence-corrected chi connectivity index (χ1v) is 6.43. The highest BCUT2D eigenvalue weighted by Gasteiger charge is 2.02. The minimum Gasteiger partial charge on any atom is -0.381 e. The summed E-state index contributed by atoms with van der Waals surface area (Å²) < 4.78 is 0. The van der Waals surface area contributed by atoms with Gasteiger partial charge in [0.15, 0.2) is 0 Å². The van der Waals surface area contributed by atoms with Crippen LogP contribution in [0.2, 0.25) is 0 Å². The lowest BCUT2D eigenvalue weighted by Gasteiger charge is -2.13. The van der Waals surface area contributed by atoms with Crippen LogP contribution in [0.5, 0.6) is 0 Å². The van der Waals surface area contributed by atoms with Gasteiger partial charge in [-0.15, -0.1) is 0 Å². The van der Waals surface area contributed by atoms with Crippen molar-refractivity contribution in [1.82, 2.24) is 0 Å².